The molecule has 5 nitrogen and oxygen atoms in total. The van der Waals surface area contributed by atoms with Crippen LogP contribution < -0.4 is 10.6 Å². The summed E-state index contributed by atoms with van der Waals surface area (Å²) < 4.78 is 0. The van der Waals surface area contributed by atoms with Gasteiger partial charge in [-0.15, -0.1) is 0 Å². The first kappa shape index (κ1) is 15.0. The molecule has 0 radical (unpaired) electrons. The summed E-state index contributed by atoms with van der Waals surface area (Å²) in [7, 11) is 0. The van der Waals surface area contributed by atoms with Crippen LogP contribution in [0.15, 0.2) is 0 Å². The first-order valence-electron chi connectivity index (χ1n) is 6.84. The summed E-state index contributed by atoms with van der Waals surface area (Å²) in [4.78, 5) is 23.4. The number of carbonyl (C=O) groups excluding carboxylic acids is 1. The predicted octanol–water partition coefficient (Wildman–Crippen LogP) is 1.28. The maximum atomic E-state index is 12.2. The van der Waals surface area contributed by atoms with E-state index in [0.717, 1.165) is 32.2 Å². The van der Waals surface area contributed by atoms with Crippen LogP contribution in [0.25, 0.3) is 0 Å². The molecule has 1 rings (SSSR count). The average Bonchev–Trinajstić information content (AvgIpc) is 2.83. The highest BCUT2D eigenvalue weighted by Gasteiger charge is 2.40. The van der Waals surface area contributed by atoms with Gasteiger partial charge in [-0.1, -0.05) is 26.7 Å². The fourth-order valence-corrected chi connectivity index (χ4v) is 2.42. The molecule has 0 saturated carbocycles. The van der Waals surface area contributed by atoms with E-state index in [1.165, 1.54) is 0 Å². The largest absolute Gasteiger partial charge is 0.480 e. The third-order valence-electron chi connectivity index (χ3n) is 3.73. The zero-order valence-corrected chi connectivity index (χ0v) is 11.3. The van der Waals surface area contributed by atoms with Crippen LogP contribution in [0.3, 0.4) is 0 Å². The molecule has 1 heterocycles. The second-order valence-corrected chi connectivity index (χ2v) is 4.97. The molecule has 1 aliphatic heterocycles. The third kappa shape index (κ3) is 3.45. The fraction of sp³-hybridized carbons (Fsp3) is 0.846. The van der Waals surface area contributed by atoms with Crippen molar-refractivity contribution >= 4 is 11.9 Å². The van der Waals surface area contributed by atoms with Crippen LogP contribution in [0.4, 0.5) is 0 Å². The first-order chi connectivity index (χ1) is 8.55. The summed E-state index contributed by atoms with van der Waals surface area (Å²) >= 11 is 0. The lowest BCUT2D eigenvalue weighted by molar-refractivity contribution is -0.143. The van der Waals surface area contributed by atoms with Crippen molar-refractivity contribution in [1.82, 2.24) is 10.6 Å². The average molecular weight is 256 g/mol. The van der Waals surface area contributed by atoms with Crippen molar-refractivity contribution in [1.29, 1.82) is 0 Å². The van der Waals surface area contributed by atoms with Crippen molar-refractivity contribution < 1.29 is 14.7 Å². The van der Waals surface area contributed by atoms with E-state index in [4.69, 9.17) is 5.11 Å². The van der Waals surface area contributed by atoms with E-state index in [0.29, 0.717) is 12.8 Å². The first-order valence-corrected chi connectivity index (χ1v) is 6.84. The van der Waals surface area contributed by atoms with Gasteiger partial charge in [0, 0.05) is 0 Å². The van der Waals surface area contributed by atoms with Crippen LogP contribution in [-0.2, 0) is 9.59 Å². The van der Waals surface area contributed by atoms with Crippen LogP contribution >= 0.6 is 0 Å². The maximum Gasteiger partial charge on any atom is 0.326 e. The lowest BCUT2D eigenvalue weighted by atomic mass is 9.92. The number of carboxylic acid groups (broad SMARTS) is 1. The van der Waals surface area contributed by atoms with E-state index < -0.39 is 17.6 Å². The zero-order valence-electron chi connectivity index (χ0n) is 11.3. The van der Waals surface area contributed by atoms with Crippen molar-refractivity contribution in [3.05, 3.63) is 0 Å². The van der Waals surface area contributed by atoms with E-state index in [1.54, 1.807) is 0 Å². The van der Waals surface area contributed by atoms with Gasteiger partial charge in [-0.25, -0.2) is 4.79 Å². The quantitative estimate of drug-likeness (QED) is 0.641. The maximum absolute atomic E-state index is 12.2. The topological polar surface area (TPSA) is 78.4 Å². The normalized spacial score (nSPS) is 24.8. The predicted molar refractivity (Wildman–Crippen MR) is 69.4 cm³/mol. The summed E-state index contributed by atoms with van der Waals surface area (Å²) in [6.07, 6.45) is 4.68. The SMILES string of the molecule is CCCC[C@H](NC(=O)C1(CC)CCCN1)C(=O)O. The number of hydrogen-bond donors (Lipinski definition) is 3. The molecule has 3 N–H and O–H groups in total. The molecule has 104 valence electrons. The highest BCUT2D eigenvalue weighted by molar-refractivity contribution is 5.90. The number of aliphatic carboxylic acids is 1. The number of hydrogen-bond acceptors (Lipinski definition) is 3. The number of amides is 1. The standard InChI is InChI=1S/C13H24N2O3/c1-3-5-7-10(11(16)17)15-12(18)13(4-2)8-6-9-14-13/h10,14H,3-9H2,1-2H3,(H,15,18)(H,16,17)/t10-,13?/m0/s1. The Morgan fingerprint density at radius 2 is 2.17 bits per heavy atom. The molecule has 5 heteroatoms. The molecule has 0 aromatic rings. The van der Waals surface area contributed by atoms with Gasteiger partial charge < -0.3 is 15.7 Å². The number of unbranched alkanes of at least 4 members (excludes halogenated alkanes) is 1. The number of carbonyl (C=O) groups is 2. The van der Waals surface area contributed by atoms with Gasteiger partial charge in [-0.05, 0) is 32.2 Å². The summed E-state index contributed by atoms with van der Waals surface area (Å²) in [6.45, 7) is 4.79. The van der Waals surface area contributed by atoms with Crippen molar-refractivity contribution in [2.24, 2.45) is 0 Å². The van der Waals surface area contributed by atoms with E-state index in [-0.39, 0.29) is 5.91 Å². The Kier molecular flexibility index (Phi) is 5.59. The van der Waals surface area contributed by atoms with Gasteiger partial charge in [0.1, 0.15) is 6.04 Å². The number of nitrogens with one attached hydrogen (secondary N) is 2. The van der Waals surface area contributed by atoms with E-state index >= 15 is 0 Å². The summed E-state index contributed by atoms with van der Waals surface area (Å²) in [5.41, 5.74) is -0.556. The summed E-state index contributed by atoms with van der Waals surface area (Å²) in [5, 5.41) is 15.0. The van der Waals surface area contributed by atoms with Gasteiger partial charge in [0.2, 0.25) is 5.91 Å². The Labute approximate surface area is 108 Å². The van der Waals surface area contributed by atoms with E-state index in [9.17, 15) is 9.59 Å². The molecule has 1 amide bonds. The molecule has 18 heavy (non-hydrogen) atoms. The highest BCUT2D eigenvalue weighted by Crippen LogP contribution is 2.23. The molecule has 0 aliphatic carbocycles. The minimum absolute atomic E-state index is 0.161. The smallest absolute Gasteiger partial charge is 0.326 e. The van der Waals surface area contributed by atoms with Crippen molar-refractivity contribution in [3.63, 3.8) is 0 Å². The molecule has 1 fully saturated rings. The van der Waals surface area contributed by atoms with Crippen LogP contribution in [0, 0.1) is 0 Å². The lowest BCUT2D eigenvalue weighted by Gasteiger charge is -2.28. The van der Waals surface area contributed by atoms with Gasteiger partial charge in [-0.3, -0.25) is 4.79 Å². The Hall–Kier alpha value is -1.10. The molecule has 1 unspecified atom stereocenters. The molecule has 0 aromatic carbocycles. The molecule has 1 saturated heterocycles. The van der Waals surface area contributed by atoms with Gasteiger partial charge in [0.15, 0.2) is 0 Å². The minimum atomic E-state index is -0.943. The van der Waals surface area contributed by atoms with Gasteiger partial charge >= 0.3 is 5.97 Å². The second kappa shape index (κ2) is 6.73. The number of carboxylic acids is 1. The van der Waals surface area contributed by atoms with Crippen molar-refractivity contribution in [3.8, 4) is 0 Å². The van der Waals surface area contributed by atoms with E-state index in [1.807, 2.05) is 13.8 Å². The van der Waals surface area contributed by atoms with Gasteiger partial charge in [0.05, 0.1) is 5.54 Å². The van der Waals surface area contributed by atoms with Crippen molar-refractivity contribution in [2.45, 2.75) is 64.0 Å². The van der Waals surface area contributed by atoms with Crippen LogP contribution in [0.1, 0.15) is 52.4 Å². The molecule has 1 aliphatic rings. The molecule has 2 atom stereocenters. The minimum Gasteiger partial charge on any atom is -0.480 e. The monoisotopic (exact) mass is 256 g/mol. The molecule has 0 spiro atoms. The molecular weight excluding hydrogens is 232 g/mol. The number of rotatable bonds is 7. The molecule has 0 aromatic heterocycles. The highest BCUT2D eigenvalue weighted by atomic mass is 16.4. The Morgan fingerprint density at radius 3 is 2.61 bits per heavy atom. The summed E-state index contributed by atoms with van der Waals surface area (Å²) in [6, 6.07) is -0.761. The van der Waals surface area contributed by atoms with Crippen LogP contribution in [0.5, 0.6) is 0 Å². The second-order valence-electron chi connectivity index (χ2n) is 4.97. The Bertz CT molecular complexity index is 299. The Morgan fingerprint density at radius 1 is 1.44 bits per heavy atom. The third-order valence-corrected chi connectivity index (χ3v) is 3.73. The summed E-state index contributed by atoms with van der Waals surface area (Å²) in [5.74, 6) is -1.10. The van der Waals surface area contributed by atoms with Crippen molar-refractivity contribution in [2.75, 3.05) is 6.54 Å². The fourth-order valence-electron chi connectivity index (χ4n) is 2.42. The molecule has 0 bridgehead atoms. The zero-order chi connectivity index (χ0) is 13.6. The Balaban J connectivity index is 2.62. The van der Waals surface area contributed by atoms with Gasteiger partial charge in [0.25, 0.3) is 0 Å². The van der Waals surface area contributed by atoms with Crippen LogP contribution in [0.2, 0.25) is 0 Å². The van der Waals surface area contributed by atoms with Gasteiger partial charge in [-0.2, -0.15) is 0 Å². The molecular formula is C13H24N2O3. The van der Waals surface area contributed by atoms with E-state index in [2.05, 4.69) is 10.6 Å². The lowest BCUT2D eigenvalue weighted by Crippen LogP contribution is -2.56. The van der Waals surface area contributed by atoms with Crippen LogP contribution in [-0.4, -0.2) is 35.1 Å².